The molecule has 9 nitrogen and oxygen atoms in total. The van der Waals surface area contributed by atoms with Gasteiger partial charge < -0.3 is 15.8 Å². The van der Waals surface area contributed by atoms with Crippen molar-refractivity contribution in [2.45, 2.75) is 45.9 Å². The smallest absolute Gasteiger partial charge is 0.332 e. The Morgan fingerprint density at radius 3 is 2.48 bits per heavy atom. The fourth-order valence-electron chi connectivity index (χ4n) is 4.21. The molecule has 1 fully saturated rings. The molecule has 2 amide bonds. The molecule has 2 heterocycles. The molecule has 2 aromatic carbocycles. The number of fused-ring (bicyclic) bond motifs is 1. The molecule has 1 unspecified atom stereocenters. The molecule has 9 heteroatoms. The minimum atomic E-state index is -0.695. The van der Waals surface area contributed by atoms with Crippen LogP contribution in [0.25, 0.3) is 10.9 Å². The molecule has 1 aliphatic rings. The van der Waals surface area contributed by atoms with Crippen LogP contribution in [0.2, 0.25) is 0 Å². The standard InChI is InChI=1S/C24H26N4O5/c1-14-5-3-6-15(2)21(14)26-20(29)13-27-19-11-16(22(25)30)8-9-18(19)23(31)28(24(27)32)12-17-7-4-10-33-17/h3,5-6,8-9,11,17H,4,7,10,12-13H2,1-2H3,(H2,25,30)(H,26,29). The van der Waals surface area contributed by atoms with E-state index >= 15 is 0 Å². The third-order valence-corrected chi connectivity index (χ3v) is 5.97. The van der Waals surface area contributed by atoms with E-state index in [2.05, 4.69) is 5.32 Å². The van der Waals surface area contributed by atoms with Gasteiger partial charge in [-0.15, -0.1) is 0 Å². The van der Waals surface area contributed by atoms with Crippen molar-refractivity contribution >= 4 is 28.4 Å². The number of nitrogens with one attached hydrogen (secondary N) is 1. The van der Waals surface area contributed by atoms with Gasteiger partial charge in [-0.1, -0.05) is 18.2 Å². The van der Waals surface area contributed by atoms with Crippen molar-refractivity contribution in [3.05, 3.63) is 73.9 Å². The first kappa shape index (κ1) is 22.5. The summed E-state index contributed by atoms with van der Waals surface area (Å²) in [6.07, 6.45) is 1.37. The number of aromatic nitrogens is 2. The topological polar surface area (TPSA) is 125 Å². The maximum Gasteiger partial charge on any atom is 0.332 e. The molecular weight excluding hydrogens is 424 g/mol. The molecular formula is C24H26N4O5. The third kappa shape index (κ3) is 4.45. The van der Waals surface area contributed by atoms with Crippen LogP contribution in [0.1, 0.15) is 34.3 Å². The summed E-state index contributed by atoms with van der Waals surface area (Å²) in [6, 6.07) is 9.93. The first-order valence-electron chi connectivity index (χ1n) is 10.8. The molecule has 0 radical (unpaired) electrons. The number of amides is 2. The molecule has 0 saturated carbocycles. The van der Waals surface area contributed by atoms with E-state index < -0.39 is 23.1 Å². The van der Waals surface area contributed by atoms with Gasteiger partial charge in [-0.3, -0.25) is 23.5 Å². The first-order valence-corrected chi connectivity index (χ1v) is 10.8. The number of anilines is 1. The lowest BCUT2D eigenvalue weighted by atomic mass is 10.1. The second-order valence-corrected chi connectivity index (χ2v) is 8.33. The Bertz CT molecular complexity index is 1350. The highest BCUT2D eigenvalue weighted by atomic mass is 16.5. The van der Waals surface area contributed by atoms with Crippen molar-refractivity contribution < 1.29 is 14.3 Å². The zero-order chi connectivity index (χ0) is 23.7. The minimum Gasteiger partial charge on any atom is -0.376 e. The number of ether oxygens (including phenoxy) is 1. The number of benzene rings is 2. The van der Waals surface area contributed by atoms with Crippen molar-refractivity contribution in [2.75, 3.05) is 11.9 Å². The van der Waals surface area contributed by atoms with E-state index in [9.17, 15) is 19.2 Å². The quantitative estimate of drug-likeness (QED) is 0.591. The Labute approximate surface area is 189 Å². The second-order valence-electron chi connectivity index (χ2n) is 8.33. The number of carbonyl (C=O) groups excluding carboxylic acids is 2. The van der Waals surface area contributed by atoms with E-state index in [0.717, 1.165) is 28.5 Å². The van der Waals surface area contributed by atoms with Crippen LogP contribution in [0.4, 0.5) is 5.69 Å². The van der Waals surface area contributed by atoms with Crippen LogP contribution >= 0.6 is 0 Å². The molecule has 172 valence electrons. The number of primary amides is 1. The molecule has 0 spiro atoms. The molecule has 1 aliphatic heterocycles. The maximum atomic E-state index is 13.4. The molecule has 33 heavy (non-hydrogen) atoms. The molecule has 1 atom stereocenters. The maximum absolute atomic E-state index is 13.4. The van der Waals surface area contributed by atoms with Crippen LogP contribution in [-0.4, -0.2) is 33.7 Å². The summed E-state index contributed by atoms with van der Waals surface area (Å²) in [7, 11) is 0. The summed E-state index contributed by atoms with van der Waals surface area (Å²) in [4.78, 5) is 51.2. The molecule has 3 N–H and O–H groups in total. The van der Waals surface area contributed by atoms with Gasteiger partial charge in [0.05, 0.1) is 23.6 Å². The predicted molar refractivity (Wildman–Crippen MR) is 125 cm³/mol. The third-order valence-electron chi connectivity index (χ3n) is 5.97. The van der Waals surface area contributed by atoms with Crippen molar-refractivity contribution in [2.24, 2.45) is 5.73 Å². The van der Waals surface area contributed by atoms with Gasteiger partial charge >= 0.3 is 5.69 Å². The summed E-state index contributed by atoms with van der Waals surface area (Å²) in [5.41, 5.74) is 7.04. The lowest BCUT2D eigenvalue weighted by Gasteiger charge is -2.17. The van der Waals surface area contributed by atoms with Crippen molar-refractivity contribution in [3.8, 4) is 0 Å². The Kier molecular flexibility index (Phi) is 6.15. The van der Waals surface area contributed by atoms with E-state index in [4.69, 9.17) is 10.5 Å². The van der Waals surface area contributed by atoms with E-state index in [1.54, 1.807) is 0 Å². The first-order chi connectivity index (χ1) is 15.8. The van der Waals surface area contributed by atoms with E-state index in [1.807, 2.05) is 32.0 Å². The van der Waals surface area contributed by atoms with Gasteiger partial charge in [0.2, 0.25) is 11.8 Å². The molecule has 4 rings (SSSR count). The predicted octanol–water partition coefficient (Wildman–Crippen LogP) is 1.70. The van der Waals surface area contributed by atoms with Crippen LogP contribution in [0.3, 0.4) is 0 Å². The summed E-state index contributed by atoms with van der Waals surface area (Å²) >= 11 is 0. The van der Waals surface area contributed by atoms with Crippen LogP contribution in [0.15, 0.2) is 46.0 Å². The summed E-state index contributed by atoms with van der Waals surface area (Å²) in [6.45, 7) is 4.11. The molecule has 1 saturated heterocycles. The van der Waals surface area contributed by atoms with Gasteiger partial charge in [0.25, 0.3) is 5.56 Å². The molecule has 1 aromatic heterocycles. The lowest BCUT2D eigenvalue weighted by molar-refractivity contribution is -0.116. The molecule has 0 bridgehead atoms. The minimum absolute atomic E-state index is 0.101. The van der Waals surface area contributed by atoms with E-state index in [-0.39, 0.29) is 35.7 Å². The average Bonchev–Trinajstić information content (AvgIpc) is 3.29. The van der Waals surface area contributed by atoms with Gasteiger partial charge in [-0.05, 0) is 56.0 Å². The monoisotopic (exact) mass is 450 g/mol. The summed E-state index contributed by atoms with van der Waals surface area (Å²) in [5.74, 6) is -1.12. The zero-order valence-electron chi connectivity index (χ0n) is 18.6. The van der Waals surface area contributed by atoms with Crippen LogP contribution in [-0.2, 0) is 22.6 Å². The van der Waals surface area contributed by atoms with Crippen LogP contribution in [0.5, 0.6) is 0 Å². The number of nitrogens with two attached hydrogens (primary N) is 1. The van der Waals surface area contributed by atoms with E-state index in [1.165, 1.54) is 22.8 Å². The number of para-hydroxylation sites is 1. The largest absolute Gasteiger partial charge is 0.376 e. The number of nitrogens with zero attached hydrogens (tertiary/aromatic N) is 2. The Morgan fingerprint density at radius 2 is 1.85 bits per heavy atom. The fraction of sp³-hybridized carbons (Fsp3) is 0.333. The molecule has 3 aromatic rings. The number of hydrogen-bond acceptors (Lipinski definition) is 5. The van der Waals surface area contributed by atoms with Gasteiger partial charge in [0, 0.05) is 17.9 Å². The SMILES string of the molecule is Cc1cccc(C)c1NC(=O)Cn1c(=O)n(CC2CCCO2)c(=O)c2ccc(C(N)=O)cc21. The zero-order valence-corrected chi connectivity index (χ0v) is 18.6. The highest BCUT2D eigenvalue weighted by Gasteiger charge is 2.22. The van der Waals surface area contributed by atoms with Gasteiger partial charge in [0.15, 0.2) is 0 Å². The highest BCUT2D eigenvalue weighted by Crippen LogP contribution is 2.20. The number of carbonyl (C=O) groups is 2. The number of hydrogen-bond donors (Lipinski definition) is 2. The Morgan fingerprint density at radius 1 is 1.12 bits per heavy atom. The van der Waals surface area contributed by atoms with Gasteiger partial charge in [-0.25, -0.2) is 4.79 Å². The Hall–Kier alpha value is -3.72. The lowest BCUT2D eigenvalue weighted by Crippen LogP contribution is -2.43. The number of rotatable bonds is 6. The van der Waals surface area contributed by atoms with Gasteiger partial charge in [0.1, 0.15) is 6.54 Å². The Balaban J connectivity index is 1.80. The van der Waals surface area contributed by atoms with Crippen molar-refractivity contribution in [3.63, 3.8) is 0 Å². The van der Waals surface area contributed by atoms with E-state index in [0.29, 0.717) is 12.3 Å². The van der Waals surface area contributed by atoms with Gasteiger partial charge in [-0.2, -0.15) is 0 Å². The summed E-state index contributed by atoms with van der Waals surface area (Å²) < 4.78 is 7.92. The van der Waals surface area contributed by atoms with Crippen molar-refractivity contribution in [1.82, 2.24) is 9.13 Å². The normalized spacial score (nSPS) is 15.6. The van der Waals surface area contributed by atoms with Crippen molar-refractivity contribution in [1.29, 1.82) is 0 Å². The fourth-order valence-corrected chi connectivity index (χ4v) is 4.21. The number of aryl methyl sites for hydroxylation is 2. The average molecular weight is 450 g/mol. The van der Waals surface area contributed by atoms with Crippen LogP contribution in [0, 0.1) is 13.8 Å². The van der Waals surface area contributed by atoms with Crippen LogP contribution < -0.4 is 22.3 Å². The highest BCUT2D eigenvalue weighted by molar-refractivity contribution is 5.97. The molecule has 0 aliphatic carbocycles. The summed E-state index contributed by atoms with van der Waals surface area (Å²) in [5, 5.41) is 3.08. The second kappa shape index (κ2) is 9.03.